The summed E-state index contributed by atoms with van der Waals surface area (Å²) in [4.78, 5) is 16.0. The van der Waals surface area contributed by atoms with Crippen molar-refractivity contribution in [1.82, 2.24) is 4.90 Å². The first-order valence-electron chi connectivity index (χ1n) is 7.60. The van der Waals surface area contributed by atoms with Crippen LogP contribution in [0.15, 0.2) is 38.0 Å². The molecule has 11 heteroatoms. The van der Waals surface area contributed by atoms with Crippen LogP contribution in [0.1, 0.15) is 12.0 Å². The molecule has 1 saturated heterocycles. The fourth-order valence-electron chi connectivity index (χ4n) is 2.32. The highest BCUT2D eigenvalue weighted by atomic mass is 32.3. The van der Waals surface area contributed by atoms with Gasteiger partial charge >= 0.3 is 0 Å². The molecule has 0 bridgehead atoms. The predicted octanol–water partition coefficient (Wildman–Crippen LogP) is 1.69. The van der Waals surface area contributed by atoms with Gasteiger partial charge in [-0.3, -0.25) is 4.79 Å². The number of hydrogen-bond donors (Lipinski definition) is 0. The molecule has 1 aliphatic heterocycles. The molecular weight excluding hydrogens is 366 g/mol. The topological polar surface area (TPSA) is 133 Å². The van der Waals surface area contributed by atoms with Gasteiger partial charge in [-0.1, -0.05) is 22.8 Å². The molecule has 1 aromatic rings. The van der Waals surface area contributed by atoms with Crippen LogP contribution in [0.2, 0.25) is 0 Å². The highest BCUT2D eigenvalue weighted by molar-refractivity contribution is 8.03. The Bertz CT molecular complexity index is 897. The average Bonchev–Trinajstić information content (AvgIpc) is 2.55. The zero-order valence-corrected chi connectivity index (χ0v) is 15.4. The zero-order valence-electron chi connectivity index (χ0n) is 13.7. The van der Waals surface area contributed by atoms with Crippen LogP contribution in [0, 0.1) is 6.92 Å². The number of carbonyl (C=O) groups is 1. The van der Waals surface area contributed by atoms with Crippen LogP contribution < -0.4 is 0 Å². The summed E-state index contributed by atoms with van der Waals surface area (Å²) < 4.78 is 41.1. The number of nitrogens with zero attached hydrogens (tertiary/aromatic N) is 5. The van der Waals surface area contributed by atoms with Crippen molar-refractivity contribution >= 4 is 25.7 Å². The highest BCUT2D eigenvalue weighted by Gasteiger charge is 2.26. The minimum atomic E-state index is -4.00. The van der Waals surface area contributed by atoms with Gasteiger partial charge in [0.1, 0.15) is 0 Å². The van der Waals surface area contributed by atoms with E-state index in [-0.39, 0.29) is 48.4 Å². The molecule has 2 rings (SSSR count). The van der Waals surface area contributed by atoms with Crippen molar-refractivity contribution in [3.8, 4) is 0 Å². The molecule has 0 unspecified atom stereocenters. The van der Waals surface area contributed by atoms with Gasteiger partial charge in [0.05, 0.1) is 26.1 Å². The van der Waals surface area contributed by atoms with E-state index in [1.807, 2.05) is 6.92 Å². The number of benzene rings is 1. The smallest absolute Gasteiger partial charge is 0.290 e. The maximum Gasteiger partial charge on any atom is 0.290 e. The molecule has 1 aliphatic rings. The van der Waals surface area contributed by atoms with Crippen LogP contribution in [0.5, 0.6) is 0 Å². The maximum absolute atomic E-state index is 12.7. The Morgan fingerprint density at radius 2 is 1.88 bits per heavy atom. The molecule has 0 aliphatic carbocycles. The van der Waals surface area contributed by atoms with Crippen LogP contribution in [0.4, 0.5) is 0 Å². The number of sulfonamides is 1. The molecular formula is C14H19N5O4S2. The molecule has 0 aromatic heterocycles. The van der Waals surface area contributed by atoms with Gasteiger partial charge in [-0.2, -0.15) is 8.42 Å². The summed E-state index contributed by atoms with van der Waals surface area (Å²) in [7, 11) is -6.94. The molecule has 0 spiro atoms. The van der Waals surface area contributed by atoms with Crippen LogP contribution in [0.25, 0.3) is 10.4 Å². The quantitative estimate of drug-likeness (QED) is 0.433. The fourth-order valence-corrected chi connectivity index (χ4v) is 6.39. The lowest BCUT2D eigenvalue weighted by atomic mass is 10.2. The van der Waals surface area contributed by atoms with E-state index >= 15 is 0 Å². The average molecular weight is 385 g/mol. The summed E-state index contributed by atoms with van der Waals surface area (Å²) in [5.74, 6) is -0.202. The summed E-state index contributed by atoms with van der Waals surface area (Å²) in [5, 5.41) is 3.30. The van der Waals surface area contributed by atoms with Gasteiger partial charge in [0, 0.05) is 31.0 Å². The van der Waals surface area contributed by atoms with Crippen LogP contribution in [-0.2, 0) is 24.5 Å². The number of hydrogen-bond acceptors (Lipinski definition) is 5. The van der Waals surface area contributed by atoms with Crippen molar-refractivity contribution in [2.75, 3.05) is 31.1 Å². The lowest BCUT2D eigenvalue weighted by Crippen LogP contribution is -2.44. The number of rotatable bonds is 5. The standard InChI is InChI=1S/C14H19N5O4S2/c1-12-2-4-13(5-3-12)25(22,23)18-24(21)10-8-19(9-11-24)14(20)6-7-16-17-15/h2-5H,6-11H2,1H3. The van der Waals surface area contributed by atoms with E-state index in [4.69, 9.17) is 5.53 Å². The number of azide groups is 1. The van der Waals surface area contributed by atoms with E-state index in [1.54, 1.807) is 12.1 Å². The minimum absolute atomic E-state index is 0.00531. The molecule has 0 atom stereocenters. The molecule has 9 nitrogen and oxygen atoms in total. The summed E-state index contributed by atoms with van der Waals surface area (Å²) in [6.07, 6.45) is 0.0735. The molecule has 0 saturated carbocycles. The third kappa shape index (κ3) is 5.18. The monoisotopic (exact) mass is 385 g/mol. The third-order valence-electron chi connectivity index (χ3n) is 3.75. The van der Waals surface area contributed by atoms with Crippen LogP contribution in [0.3, 0.4) is 0 Å². The van der Waals surface area contributed by atoms with Gasteiger partial charge in [0.25, 0.3) is 10.0 Å². The van der Waals surface area contributed by atoms with Gasteiger partial charge in [-0.25, -0.2) is 4.21 Å². The van der Waals surface area contributed by atoms with Crippen molar-refractivity contribution in [3.05, 3.63) is 40.3 Å². The first-order valence-corrected chi connectivity index (χ1v) is 10.9. The first-order chi connectivity index (χ1) is 11.8. The number of amides is 1. The van der Waals surface area contributed by atoms with E-state index < -0.39 is 19.8 Å². The zero-order chi connectivity index (χ0) is 18.5. The summed E-state index contributed by atoms with van der Waals surface area (Å²) in [6.45, 7) is 2.23. The Balaban J connectivity index is 2.09. The summed E-state index contributed by atoms with van der Waals surface area (Å²) in [5.41, 5.74) is 9.11. The second-order valence-corrected chi connectivity index (χ2v) is 10.0. The van der Waals surface area contributed by atoms with Gasteiger partial charge < -0.3 is 4.90 Å². The highest BCUT2D eigenvalue weighted by Crippen LogP contribution is 2.18. The van der Waals surface area contributed by atoms with Crippen molar-refractivity contribution in [2.24, 2.45) is 8.88 Å². The Morgan fingerprint density at radius 3 is 2.44 bits per heavy atom. The number of carbonyl (C=O) groups excluding carboxylic acids is 1. The lowest BCUT2D eigenvalue weighted by molar-refractivity contribution is -0.130. The molecule has 1 amide bonds. The van der Waals surface area contributed by atoms with Gasteiger partial charge in [0.2, 0.25) is 5.91 Å². The molecule has 1 heterocycles. The van der Waals surface area contributed by atoms with E-state index in [9.17, 15) is 17.4 Å². The van der Waals surface area contributed by atoms with E-state index in [0.717, 1.165) is 5.56 Å². The van der Waals surface area contributed by atoms with Gasteiger partial charge in [-0.05, 0) is 24.6 Å². The van der Waals surface area contributed by atoms with E-state index in [1.165, 1.54) is 17.0 Å². The van der Waals surface area contributed by atoms with Crippen molar-refractivity contribution in [3.63, 3.8) is 0 Å². The normalized spacial score (nSPS) is 16.8. The molecule has 0 N–H and O–H groups in total. The Kier molecular flexibility index (Phi) is 6.04. The Morgan fingerprint density at radius 1 is 1.28 bits per heavy atom. The maximum atomic E-state index is 12.7. The Hall–Kier alpha value is -2.10. The lowest BCUT2D eigenvalue weighted by Gasteiger charge is -2.28. The van der Waals surface area contributed by atoms with Gasteiger partial charge in [0.15, 0.2) is 0 Å². The second kappa shape index (κ2) is 7.85. The predicted molar refractivity (Wildman–Crippen MR) is 93.9 cm³/mol. The minimum Gasteiger partial charge on any atom is -0.341 e. The van der Waals surface area contributed by atoms with Gasteiger partial charge in [-0.15, -0.1) is 3.77 Å². The van der Waals surface area contributed by atoms with Crippen molar-refractivity contribution in [1.29, 1.82) is 0 Å². The van der Waals surface area contributed by atoms with E-state index in [0.29, 0.717) is 0 Å². The SMILES string of the molecule is Cc1ccc(S(=O)(=O)N=S2(=O)CCN(C(=O)CCN=[N+]=[N-])CC2)cc1. The van der Waals surface area contributed by atoms with Crippen LogP contribution >= 0.6 is 0 Å². The number of aryl methyl sites for hydroxylation is 1. The molecule has 136 valence electrons. The van der Waals surface area contributed by atoms with Crippen LogP contribution in [-0.4, -0.2) is 54.6 Å². The molecule has 1 aromatic carbocycles. The largest absolute Gasteiger partial charge is 0.341 e. The molecule has 0 radical (unpaired) electrons. The second-order valence-electron chi connectivity index (χ2n) is 5.63. The van der Waals surface area contributed by atoms with Crippen molar-refractivity contribution < 1.29 is 17.4 Å². The third-order valence-corrected chi connectivity index (χ3v) is 8.14. The Labute approximate surface area is 146 Å². The summed E-state index contributed by atoms with van der Waals surface area (Å²) >= 11 is 0. The fraction of sp³-hybridized carbons (Fsp3) is 0.500. The summed E-state index contributed by atoms with van der Waals surface area (Å²) in [6, 6.07) is 6.18. The van der Waals surface area contributed by atoms with E-state index in [2.05, 4.69) is 13.8 Å². The van der Waals surface area contributed by atoms with Crippen molar-refractivity contribution in [2.45, 2.75) is 18.2 Å². The molecule has 25 heavy (non-hydrogen) atoms. The first kappa shape index (κ1) is 19.2. The molecule has 1 fully saturated rings.